The van der Waals surface area contributed by atoms with E-state index < -0.39 is 11.8 Å². The molecule has 0 aliphatic rings. The highest BCUT2D eigenvalue weighted by molar-refractivity contribution is 5.92. The maximum atomic E-state index is 13.3. The van der Waals surface area contributed by atoms with Crippen molar-refractivity contribution in [2.45, 2.75) is 13.0 Å². The smallest absolute Gasteiger partial charge is 0.343 e. The zero-order valence-electron chi connectivity index (χ0n) is 11.5. The van der Waals surface area contributed by atoms with E-state index >= 15 is 0 Å². The number of nitrogens with zero attached hydrogens (tertiary/aromatic N) is 2. The minimum absolute atomic E-state index is 0.105. The third-order valence-electron chi connectivity index (χ3n) is 2.53. The van der Waals surface area contributed by atoms with Gasteiger partial charge in [0.05, 0.1) is 6.10 Å². The van der Waals surface area contributed by atoms with E-state index in [-0.39, 0.29) is 24.1 Å². The van der Waals surface area contributed by atoms with Gasteiger partial charge in [-0.2, -0.15) is 10.5 Å². The molecule has 0 aromatic heterocycles. The van der Waals surface area contributed by atoms with Gasteiger partial charge >= 0.3 is 6.03 Å². The molecule has 0 heterocycles. The van der Waals surface area contributed by atoms with Crippen LogP contribution in [0.2, 0.25) is 0 Å². The second-order valence-corrected chi connectivity index (χ2v) is 3.94. The average molecular weight is 284 g/mol. The number of hydrogen-bond donors (Lipinski definition) is 2. The highest BCUT2D eigenvalue weighted by Gasteiger charge is 2.19. The third kappa shape index (κ3) is 3.89. The number of halogens is 1. The molecule has 0 radical (unpaired) electrons. The van der Waals surface area contributed by atoms with E-state index in [9.17, 15) is 9.18 Å². The lowest BCUT2D eigenvalue weighted by molar-refractivity contribution is 0.0717. The summed E-state index contributed by atoms with van der Waals surface area (Å²) in [7, 11) is 2.92. The van der Waals surface area contributed by atoms with Crippen molar-refractivity contribution >= 4 is 11.7 Å². The number of anilines is 1. The van der Waals surface area contributed by atoms with Gasteiger partial charge in [-0.05, 0) is 19.1 Å². The van der Waals surface area contributed by atoms with Gasteiger partial charge in [-0.15, -0.1) is 0 Å². The van der Waals surface area contributed by atoms with Crippen LogP contribution in [-0.2, 0) is 4.74 Å². The van der Waals surface area contributed by atoms with Gasteiger partial charge in [0, 0.05) is 20.2 Å². The lowest BCUT2D eigenvalue weighted by Gasteiger charge is -2.19. The summed E-state index contributed by atoms with van der Waals surface area (Å²) in [5.41, 5.74) is 7.22. The SMILES string of the molecule is CNC(=O)N(N=N)c1ccc(F)cc1OC[C@H](C)OC. The molecule has 2 amide bonds. The molecule has 1 rings (SSSR count). The lowest BCUT2D eigenvalue weighted by atomic mass is 10.2. The topological polar surface area (TPSA) is 87.0 Å². The Kier molecular flexibility index (Phi) is 5.85. The fraction of sp³-hybridized carbons (Fsp3) is 0.417. The summed E-state index contributed by atoms with van der Waals surface area (Å²) in [6, 6.07) is 2.97. The van der Waals surface area contributed by atoms with Crippen molar-refractivity contribution in [3.05, 3.63) is 24.0 Å². The molecule has 0 saturated carbocycles. The summed E-state index contributed by atoms with van der Waals surface area (Å²) in [5, 5.41) is 6.21. The first-order valence-electron chi connectivity index (χ1n) is 5.87. The van der Waals surface area contributed by atoms with Crippen LogP contribution in [0.25, 0.3) is 0 Å². The van der Waals surface area contributed by atoms with E-state index in [4.69, 9.17) is 15.0 Å². The van der Waals surface area contributed by atoms with Gasteiger partial charge in [0.15, 0.2) is 0 Å². The number of carbonyl (C=O) groups is 1. The van der Waals surface area contributed by atoms with Crippen LogP contribution in [0.4, 0.5) is 14.9 Å². The standard InChI is InChI=1S/C12H17FN4O3/c1-8(19-3)7-20-11-6-9(13)4-5-10(11)17(16-14)12(18)15-2/h4-6,8,14H,7H2,1-3H3,(H,15,18)/t8-/m0/s1. The Labute approximate surface area is 116 Å². The monoisotopic (exact) mass is 284 g/mol. The number of benzene rings is 1. The Morgan fingerprint density at radius 1 is 1.60 bits per heavy atom. The van der Waals surface area contributed by atoms with E-state index in [0.29, 0.717) is 0 Å². The first-order valence-corrected chi connectivity index (χ1v) is 5.87. The first kappa shape index (κ1) is 15.8. The average Bonchev–Trinajstić information content (AvgIpc) is 2.46. The molecule has 0 fully saturated rings. The molecule has 20 heavy (non-hydrogen) atoms. The van der Waals surface area contributed by atoms with Crippen molar-refractivity contribution in [1.82, 2.24) is 5.32 Å². The van der Waals surface area contributed by atoms with Crippen LogP contribution in [0.1, 0.15) is 6.92 Å². The predicted octanol–water partition coefficient (Wildman–Crippen LogP) is 2.33. The summed E-state index contributed by atoms with van der Waals surface area (Å²) < 4.78 is 23.7. The van der Waals surface area contributed by atoms with Crippen LogP contribution in [0, 0.1) is 11.3 Å². The normalized spacial score (nSPS) is 11.6. The Morgan fingerprint density at radius 2 is 2.30 bits per heavy atom. The zero-order valence-corrected chi connectivity index (χ0v) is 11.5. The van der Waals surface area contributed by atoms with E-state index in [1.165, 1.54) is 20.2 Å². The molecular weight excluding hydrogens is 267 g/mol. The number of methoxy groups -OCH3 is 1. The lowest BCUT2D eigenvalue weighted by Crippen LogP contribution is -2.34. The predicted molar refractivity (Wildman–Crippen MR) is 70.4 cm³/mol. The molecule has 0 unspecified atom stereocenters. The zero-order chi connectivity index (χ0) is 15.1. The summed E-state index contributed by atoms with van der Waals surface area (Å²) >= 11 is 0. The Hall–Kier alpha value is -2.22. The molecule has 1 aromatic carbocycles. The van der Waals surface area contributed by atoms with Crippen LogP contribution in [-0.4, -0.2) is 32.9 Å². The fourth-order valence-electron chi connectivity index (χ4n) is 1.37. The molecular formula is C12H17FN4O3. The maximum absolute atomic E-state index is 13.3. The third-order valence-corrected chi connectivity index (χ3v) is 2.53. The van der Waals surface area contributed by atoms with Crippen molar-refractivity contribution in [1.29, 1.82) is 5.53 Å². The minimum Gasteiger partial charge on any atom is -0.489 e. The van der Waals surface area contributed by atoms with Crippen molar-refractivity contribution in [2.75, 3.05) is 25.8 Å². The molecule has 7 nitrogen and oxygen atoms in total. The first-order chi connectivity index (χ1) is 9.53. The van der Waals surface area contributed by atoms with Crippen LogP contribution in [0.5, 0.6) is 5.75 Å². The summed E-state index contributed by atoms with van der Waals surface area (Å²) in [6.45, 7) is 1.96. The van der Waals surface area contributed by atoms with Crippen molar-refractivity contribution < 1.29 is 18.7 Å². The van der Waals surface area contributed by atoms with Crippen molar-refractivity contribution in [3.8, 4) is 5.75 Å². The number of urea groups is 1. The van der Waals surface area contributed by atoms with Crippen LogP contribution in [0.3, 0.4) is 0 Å². The van der Waals surface area contributed by atoms with Crippen molar-refractivity contribution in [2.24, 2.45) is 5.22 Å². The minimum atomic E-state index is -0.628. The highest BCUT2D eigenvalue weighted by Crippen LogP contribution is 2.30. The van der Waals surface area contributed by atoms with Gasteiger partial charge in [0.25, 0.3) is 0 Å². The maximum Gasteiger partial charge on any atom is 0.343 e. The van der Waals surface area contributed by atoms with E-state index in [0.717, 1.165) is 17.1 Å². The molecule has 2 N–H and O–H groups in total. The van der Waals surface area contributed by atoms with E-state index in [1.54, 1.807) is 6.92 Å². The molecule has 1 atom stereocenters. The second-order valence-electron chi connectivity index (χ2n) is 3.94. The highest BCUT2D eigenvalue weighted by atomic mass is 19.1. The Morgan fingerprint density at radius 3 is 2.85 bits per heavy atom. The van der Waals surface area contributed by atoms with Gasteiger partial charge in [0.2, 0.25) is 0 Å². The molecule has 0 aliphatic carbocycles. The molecule has 110 valence electrons. The molecule has 0 aliphatic heterocycles. The van der Waals surface area contributed by atoms with Gasteiger partial charge in [-0.3, -0.25) is 0 Å². The number of carbonyl (C=O) groups excluding carboxylic acids is 1. The van der Waals surface area contributed by atoms with Gasteiger partial charge in [-0.25, -0.2) is 9.18 Å². The van der Waals surface area contributed by atoms with Crippen LogP contribution < -0.4 is 15.1 Å². The van der Waals surface area contributed by atoms with Gasteiger partial charge < -0.3 is 14.8 Å². The quantitative estimate of drug-likeness (QED) is 0.621. The van der Waals surface area contributed by atoms with Gasteiger partial charge in [0.1, 0.15) is 23.9 Å². The summed E-state index contributed by atoms with van der Waals surface area (Å²) in [4.78, 5) is 11.6. The summed E-state index contributed by atoms with van der Waals surface area (Å²) in [6.07, 6.45) is -0.201. The fourth-order valence-corrected chi connectivity index (χ4v) is 1.37. The number of rotatable bonds is 6. The van der Waals surface area contributed by atoms with E-state index in [2.05, 4.69) is 10.5 Å². The molecule has 8 heteroatoms. The molecule has 0 bridgehead atoms. The Bertz CT molecular complexity index is 484. The van der Waals surface area contributed by atoms with E-state index in [1.807, 2.05) is 0 Å². The number of ether oxygens (including phenoxy) is 2. The number of amides is 2. The van der Waals surface area contributed by atoms with Gasteiger partial charge in [-0.1, -0.05) is 5.22 Å². The van der Waals surface area contributed by atoms with Crippen molar-refractivity contribution in [3.63, 3.8) is 0 Å². The number of nitrogens with one attached hydrogen (secondary N) is 2. The van der Waals surface area contributed by atoms with Crippen LogP contribution in [0.15, 0.2) is 23.4 Å². The number of hydrogen-bond acceptors (Lipinski definition) is 5. The molecule has 0 saturated heterocycles. The largest absolute Gasteiger partial charge is 0.489 e. The molecule has 0 spiro atoms. The Balaban J connectivity index is 3.05. The molecule has 1 aromatic rings. The van der Waals surface area contributed by atoms with Crippen LogP contribution >= 0.6 is 0 Å². The summed E-state index contributed by atoms with van der Waals surface area (Å²) in [5.74, 6) is -0.413. The second kappa shape index (κ2) is 7.39.